The van der Waals surface area contributed by atoms with E-state index >= 15 is 0 Å². The van der Waals surface area contributed by atoms with Gasteiger partial charge in [-0.3, -0.25) is 9.69 Å². The molecule has 9 nitrogen and oxygen atoms in total. The Morgan fingerprint density at radius 3 is 2.05 bits per heavy atom. The van der Waals surface area contributed by atoms with Gasteiger partial charge in [-0.1, -0.05) is 158 Å². The van der Waals surface area contributed by atoms with Gasteiger partial charge in [-0.25, -0.2) is 8.42 Å². The number of aliphatic hydroxyl groups excluding tert-OH is 1. The van der Waals surface area contributed by atoms with Crippen LogP contribution >= 0.6 is 0 Å². The quantitative estimate of drug-likeness (QED) is 0.0893. The first-order valence-electron chi connectivity index (χ1n) is 20.8. The molecule has 6 aromatic rings. The van der Waals surface area contributed by atoms with Crippen molar-refractivity contribution in [1.29, 1.82) is 0 Å². The topological polar surface area (TPSA) is 117 Å². The third-order valence-corrected chi connectivity index (χ3v) is 13.2. The molecular weight excluding hydrogens is 783 g/mol. The predicted molar refractivity (Wildman–Crippen MR) is 240 cm³/mol. The lowest BCUT2D eigenvalue weighted by atomic mass is 9.89. The van der Waals surface area contributed by atoms with E-state index in [1.165, 1.54) is 5.56 Å². The summed E-state index contributed by atoms with van der Waals surface area (Å²) in [7, 11) is -1.85. The molecule has 3 N–H and O–H groups in total. The van der Waals surface area contributed by atoms with Gasteiger partial charge in [-0.15, -0.1) is 0 Å². The van der Waals surface area contributed by atoms with E-state index in [2.05, 4.69) is 60.1 Å². The maximum atomic E-state index is 13.9. The third kappa shape index (κ3) is 10.9. The lowest BCUT2D eigenvalue weighted by molar-refractivity contribution is -0.276. The average molecular weight is 838 g/mol. The summed E-state index contributed by atoms with van der Waals surface area (Å²) in [5, 5.41) is 12.7. The molecule has 61 heavy (non-hydrogen) atoms. The molecule has 6 atom stereocenters. The average Bonchev–Trinajstić information content (AvgIpc) is 3.29. The Bertz CT molecular complexity index is 2450. The summed E-state index contributed by atoms with van der Waals surface area (Å²) in [6.45, 7) is 7.13. The number of carbonyl (C=O) groups excluding carboxylic acids is 1. The molecule has 10 heteroatoms. The summed E-state index contributed by atoms with van der Waals surface area (Å²) >= 11 is 0. The zero-order valence-corrected chi connectivity index (χ0v) is 36.0. The van der Waals surface area contributed by atoms with Gasteiger partial charge in [-0.2, -0.15) is 4.72 Å². The van der Waals surface area contributed by atoms with Gasteiger partial charge in [-0.05, 0) is 78.4 Å². The highest BCUT2D eigenvalue weighted by Gasteiger charge is 2.39. The Morgan fingerprint density at radius 1 is 0.754 bits per heavy atom. The molecule has 7 rings (SSSR count). The SMILES string of the molecule is Cc1ccc(S(=O)(=O)N[C@H](Cc2ccccc2)C(=O)NCc2ccccc2-c2ccc([C@@H]3O[C@H](CN(C)[C@@H](C)c4ccccc4)[C@H](C)[C@H](c4ccc(CO)cc4)O3)cc2)cc1. The highest BCUT2D eigenvalue weighted by atomic mass is 32.2. The number of hydrogen-bond donors (Lipinski definition) is 3. The van der Waals surface area contributed by atoms with Crippen LogP contribution in [-0.4, -0.2) is 50.1 Å². The number of sulfonamides is 1. The summed E-state index contributed by atoms with van der Waals surface area (Å²) in [5.41, 5.74) is 8.53. The number of nitrogens with one attached hydrogen (secondary N) is 2. The molecule has 1 aliphatic heterocycles. The highest BCUT2D eigenvalue weighted by molar-refractivity contribution is 7.89. The molecule has 0 aromatic heterocycles. The van der Waals surface area contributed by atoms with Gasteiger partial charge in [0.25, 0.3) is 0 Å². The number of hydrogen-bond acceptors (Lipinski definition) is 7. The number of likely N-dealkylation sites (N-methyl/N-ethyl adjacent to an activating group) is 1. The molecule has 0 spiro atoms. The number of nitrogens with zero attached hydrogens (tertiary/aromatic N) is 1. The van der Waals surface area contributed by atoms with Crippen LogP contribution in [0, 0.1) is 12.8 Å². The van der Waals surface area contributed by atoms with E-state index in [0.29, 0.717) is 6.54 Å². The van der Waals surface area contributed by atoms with E-state index in [1.54, 1.807) is 24.3 Å². The fourth-order valence-electron chi connectivity index (χ4n) is 7.85. The van der Waals surface area contributed by atoms with Gasteiger partial charge in [0, 0.05) is 30.6 Å². The number of benzene rings is 6. The molecule has 316 valence electrons. The van der Waals surface area contributed by atoms with E-state index in [-0.39, 0.29) is 48.6 Å². The van der Waals surface area contributed by atoms with Crippen LogP contribution in [0.1, 0.15) is 71.2 Å². The van der Waals surface area contributed by atoms with Crippen molar-refractivity contribution in [3.8, 4) is 11.1 Å². The zero-order chi connectivity index (χ0) is 42.9. The number of ether oxygens (including phenoxy) is 2. The zero-order valence-electron chi connectivity index (χ0n) is 35.1. The van der Waals surface area contributed by atoms with Crippen LogP contribution in [-0.2, 0) is 43.9 Å². The molecule has 1 aliphatic rings. The fourth-order valence-corrected chi connectivity index (χ4v) is 9.04. The van der Waals surface area contributed by atoms with Crippen LogP contribution in [0.4, 0.5) is 0 Å². The van der Waals surface area contributed by atoms with Gasteiger partial charge in [0.05, 0.1) is 23.7 Å². The molecule has 1 heterocycles. The van der Waals surface area contributed by atoms with Crippen molar-refractivity contribution in [1.82, 2.24) is 14.9 Å². The molecule has 1 saturated heterocycles. The van der Waals surface area contributed by atoms with E-state index in [0.717, 1.165) is 44.5 Å². The van der Waals surface area contributed by atoms with Gasteiger partial charge < -0.3 is 19.9 Å². The number of rotatable bonds is 16. The van der Waals surface area contributed by atoms with Crippen molar-refractivity contribution >= 4 is 15.9 Å². The molecule has 1 fully saturated rings. The highest BCUT2D eigenvalue weighted by Crippen LogP contribution is 2.42. The van der Waals surface area contributed by atoms with Crippen molar-refractivity contribution in [2.24, 2.45) is 5.92 Å². The van der Waals surface area contributed by atoms with Crippen molar-refractivity contribution in [3.63, 3.8) is 0 Å². The van der Waals surface area contributed by atoms with Gasteiger partial charge in [0.2, 0.25) is 15.9 Å². The Hall–Kier alpha value is -5.46. The van der Waals surface area contributed by atoms with Crippen molar-refractivity contribution in [2.75, 3.05) is 13.6 Å². The van der Waals surface area contributed by atoms with Crippen molar-refractivity contribution < 1.29 is 27.8 Å². The second kappa shape index (κ2) is 19.9. The van der Waals surface area contributed by atoms with Gasteiger partial charge in [0.1, 0.15) is 6.04 Å². The largest absolute Gasteiger partial charge is 0.392 e. The third-order valence-electron chi connectivity index (χ3n) is 11.7. The molecule has 0 unspecified atom stereocenters. The first-order valence-corrected chi connectivity index (χ1v) is 22.3. The second-order valence-corrected chi connectivity index (χ2v) is 17.7. The smallest absolute Gasteiger partial charge is 0.241 e. The lowest BCUT2D eigenvalue weighted by Crippen LogP contribution is -2.47. The summed E-state index contributed by atoms with van der Waals surface area (Å²) in [4.78, 5) is 16.3. The number of amides is 1. The molecule has 0 bridgehead atoms. The number of aryl methyl sites for hydroxylation is 1. The Labute approximate surface area is 360 Å². The van der Waals surface area contributed by atoms with Crippen LogP contribution < -0.4 is 10.0 Å². The molecular formula is C51H55N3O6S. The van der Waals surface area contributed by atoms with E-state index in [4.69, 9.17) is 9.47 Å². The summed E-state index contributed by atoms with van der Waals surface area (Å²) in [5.74, 6) is -0.391. The lowest BCUT2D eigenvalue weighted by Gasteiger charge is -2.43. The van der Waals surface area contributed by atoms with Crippen molar-refractivity contribution in [2.45, 2.75) is 75.8 Å². The Morgan fingerprint density at radius 2 is 1.38 bits per heavy atom. The van der Waals surface area contributed by atoms with E-state index in [9.17, 15) is 18.3 Å². The Balaban J connectivity index is 1.09. The standard InChI is InChI=1S/C51H55N3O6S/c1-35-19-29-45(30-20-35)61(57,58)53-47(31-38-13-7-5-8-14-38)50(56)52-32-44-17-11-12-18-46(44)41-25-27-43(28-26-41)51-59-48(33-54(4)37(3)40-15-9-6-10-16-40)36(2)49(60-51)42-23-21-39(34-55)22-24-42/h5-30,36-37,47-49,51,53,55H,31-34H2,1-4H3,(H,52,56)/t36-,37-,47+,48+,49+,51+/m0/s1. The van der Waals surface area contributed by atoms with Gasteiger partial charge in [0.15, 0.2) is 6.29 Å². The maximum absolute atomic E-state index is 13.9. The summed E-state index contributed by atoms with van der Waals surface area (Å²) in [6.07, 6.45) is -0.831. The predicted octanol–water partition coefficient (Wildman–Crippen LogP) is 8.84. The fraction of sp³-hybridized carbons (Fsp3) is 0.275. The van der Waals surface area contributed by atoms with Crippen LogP contribution in [0.2, 0.25) is 0 Å². The molecule has 0 radical (unpaired) electrons. The molecule has 0 saturated carbocycles. The first kappa shape index (κ1) is 43.6. The maximum Gasteiger partial charge on any atom is 0.241 e. The van der Waals surface area contributed by atoms with Crippen LogP contribution in [0.3, 0.4) is 0 Å². The summed E-state index contributed by atoms with van der Waals surface area (Å²) < 4.78 is 43.2. The minimum absolute atomic E-state index is 0.0232. The molecule has 1 amide bonds. The van der Waals surface area contributed by atoms with Crippen LogP contribution in [0.5, 0.6) is 0 Å². The van der Waals surface area contributed by atoms with Crippen LogP contribution in [0.15, 0.2) is 163 Å². The first-order chi connectivity index (χ1) is 29.5. The van der Waals surface area contributed by atoms with Gasteiger partial charge >= 0.3 is 0 Å². The second-order valence-electron chi connectivity index (χ2n) is 16.0. The van der Waals surface area contributed by atoms with Crippen LogP contribution in [0.25, 0.3) is 11.1 Å². The minimum Gasteiger partial charge on any atom is -0.392 e. The molecule has 0 aliphatic carbocycles. The van der Waals surface area contributed by atoms with E-state index in [1.807, 2.05) is 116 Å². The normalized spacial score (nSPS) is 19.0. The van der Waals surface area contributed by atoms with E-state index < -0.39 is 28.3 Å². The number of carbonyl (C=O) groups is 1. The monoisotopic (exact) mass is 837 g/mol. The number of aliphatic hydroxyl groups is 1. The summed E-state index contributed by atoms with van der Waals surface area (Å²) in [6, 6.07) is 49.5. The Kier molecular flexibility index (Phi) is 14.3. The minimum atomic E-state index is -3.98. The van der Waals surface area contributed by atoms with Crippen molar-refractivity contribution in [3.05, 3.63) is 197 Å². The molecule has 6 aromatic carbocycles.